The lowest BCUT2D eigenvalue weighted by molar-refractivity contribution is 0.0943. The van der Waals surface area contributed by atoms with E-state index in [1.54, 1.807) is 38.6 Å². The van der Waals surface area contributed by atoms with E-state index in [0.717, 1.165) is 47.7 Å². The number of hydrogen-bond acceptors (Lipinski definition) is 4. The van der Waals surface area contributed by atoms with Crippen LogP contribution in [0.4, 0.5) is 4.39 Å². The molecule has 7 heteroatoms. The fourth-order valence-electron chi connectivity index (χ4n) is 5.26. The molecule has 1 fully saturated rings. The first kappa shape index (κ1) is 23.9. The van der Waals surface area contributed by atoms with Crippen LogP contribution in [-0.2, 0) is 0 Å². The number of aromatic amines is 1. The van der Waals surface area contributed by atoms with Gasteiger partial charge in [-0.15, -0.1) is 0 Å². The van der Waals surface area contributed by atoms with Gasteiger partial charge < -0.3 is 19.8 Å². The zero-order valence-electron chi connectivity index (χ0n) is 20.5. The first-order valence-electron chi connectivity index (χ1n) is 12.3. The Kier molecular flexibility index (Phi) is 6.89. The van der Waals surface area contributed by atoms with Gasteiger partial charge in [0.15, 0.2) is 0 Å². The Bertz CT molecular complexity index is 1350. The van der Waals surface area contributed by atoms with Gasteiger partial charge in [-0.2, -0.15) is 0 Å². The fraction of sp³-hybridized carbons (Fsp3) is 0.310. The van der Waals surface area contributed by atoms with E-state index in [0.29, 0.717) is 35.4 Å². The van der Waals surface area contributed by atoms with Crippen LogP contribution in [0, 0.1) is 11.7 Å². The summed E-state index contributed by atoms with van der Waals surface area (Å²) in [6.07, 6.45) is 9.39. The number of pyridine rings is 1. The van der Waals surface area contributed by atoms with E-state index in [1.807, 2.05) is 30.6 Å². The van der Waals surface area contributed by atoms with E-state index in [4.69, 9.17) is 9.47 Å². The monoisotopic (exact) mass is 487 g/mol. The van der Waals surface area contributed by atoms with E-state index in [9.17, 15) is 9.18 Å². The van der Waals surface area contributed by atoms with Crippen LogP contribution in [0.25, 0.3) is 22.0 Å². The molecule has 36 heavy (non-hydrogen) atoms. The molecule has 2 aromatic carbocycles. The van der Waals surface area contributed by atoms with Crippen molar-refractivity contribution >= 4 is 16.8 Å². The summed E-state index contributed by atoms with van der Waals surface area (Å²) in [5.74, 6) is 1.78. The molecule has 4 aromatic rings. The predicted molar refractivity (Wildman–Crippen MR) is 138 cm³/mol. The van der Waals surface area contributed by atoms with Gasteiger partial charge in [-0.1, -0.05) is 0 Å². The van der Waals surface area contributed by atoms with Gasteiger partial charge in [0.1, 0.15) is 17.3 Å². The highest BCUT2D eigenvalue weighted by Gasteiger charge is 2.25. The second-order valence-electron chi connectivity index (χ2n) is 9.37. The Morgan fingerprint density at radius 2 is 1.78 bits per heavy atom. The largest absolute Gasteiger partial charge is 0.497 e. The highest BCUT2D eigenvalue weighted by atomic mass is 19.1. The molecule has 1 aliphatic rings. The molecule has 0 aliphatic heterocycles. The van der Waals surface area contributed by atoms with E-state index in [-0.39, 0.29) is 11.7 Å². The summed E-state index contributed by atoms with van der Waals surface area (Å²) in [5, 5.41) is 4.04. The Balaban J connectivity index is 1.22. The molecular formula is C29H30FN3O3. The number of H-pyrrole nitrogens is 1. The van der Waals surface area contributed by atoms with Crippen LogP contribution in [-0.4, -0.2) is 36.6 Å². The number of nitrogens with zero attached hydrogens (tertiary/aromatic N) is 1. The minimum atomic E-state index is -0.232. The molecule has 0 saturated heterocycles. The molecule has 6 nitrogen and oxygen atoms in total. The molecule has 0 bridgehead atoms. The predicted octanol–water partition coefficient (Wildman–Crippen LogP) is 6.09. The number of benzene rings is 2. The van der Waals surface area contributed by atoms with E-state index < -0.39 is 0 Å². The Labute approximate surface area is 209 Å². The summed E-state index contributed by atoms with van der Waals surface area (Å²) in [6, 6.07) is 12.4. The van der Waals surface area contributed by atoms with Crippen molar-refractivity contribution in [3.63, 3.8) is 0 Å². The molecule has 2 aromatic heterocycles. The number of ether oxygens (including phenoxy) is 2. The Morgan fingerprint density at radius 3 is 2.50 bits per heavy atom. The van der Waals surface area contributed by atoms with Crippen molar-refractivity contribution in [3.8, 4) is 22.6 Å². The summed E-state index contributed by atoms with van der Waals surface area (Å²) in [4.78, 5) is 20.5. The standard InChI is InChI=1S/C29H30FN3O3/c1-35-22-11-20(12-23(14-22)36-2)26-16-31-17-27(26)29(34)33-15-18-3-5-19(6-4-18)24-9-10-32-28-8-7-21(30)13-25(24)28/h7-14,16-19,31H,3-6,15H2,1-2H3,(H,33,34). The number of carbonyl (C=O) groups is 1. The summed E-state index contributed by atoms with van der Waals surface area (Å²) < 4.78 is 24.6. The van der Waals surface area contributed by atoms with E-state index in [1.165, 1.54) is 11.6 Å². The molecule has 0 unspecified atom stereocenters. The molecule has 186 valence electrons. The number of nitrogens with one attached hydrogen (secondary N) is 2. The quantitative estimate of drug-likeness (QED) is 0.331. The number of hydrogen-bond donors (Lipinski definition) is 2. The van der Waals surface area contributed by atoms with Crippen molar-refractivity contribution in [2.24, 2.45) is 5.92 Å². The summed E-state index contributed by atoms with van der Waals surface area (Å²) in [6.45, 7) is 0.628. The van der Waals surface area contributed by atoms with E-state index >= 15 is 0 Å². The van der Waals surface area contributed by atoms with Gasteiger partial charge in [0.25, 0.3) is 5.91 Å². The second kappa shape index (κ2) is 10.4. The first-order chi connectivity index (χ1) is 17.6. The number of rotatable bonds is 7. The van der Waals surface area contributed by atoms with Gasteiger partial charge in [-0.05, 0) is 85.0 Å². The molecule has 0 spiro atoms. The molecule has 0 atom stereocenters. The first-order valence-corrected chi connectivity index (χ1v) is 12.3. The second-order valence-corrected chi connectivity index (χ2v) is 9.37. The van der Waals surface area contributed by atoms with Crippen molar-refractivity contribution in [1.82, 2.24) is 15.3 Å². The SMILES string of the molecule is COc1cc(OC)cc(-c2c[nH]cc2C(=O)NCC2CCC(c3ccnc4ccc(F)cc34)CC2)c1. The minimum Gasteiger partial charge on any atom is -0.497 e. The van der Waals surface area contributed by atoms with Crippen LogP contribution in [0.1, 0.15) is 47.5 Å². The number of methoxy groups -OCH3 is 2. The maximum absolute atomic E-state index is 13.9. The summed E-state index contributed by atoms with van der Waals surface area (Å²) >= 11 is 0. The zero-order chi connectivity index (χ0) is 25.1. The Morgan fingerprint density at radius 1 is 1.03 bits per heavy atom. The van der Waals surface area contributed by atoms with Crippen molar-refractivity contribution < 1.29 is 18.7 Å². The number of aromatic nitrogens is 2. The molecule has 5 rings (SSSR count). The molecule has 1 aliphatic carbocycles. The van der Waals surface area contributed by atoms with Crippen LogP contribution in [0.5, 0.6) is 11.5 Å². The topological polar surface area (TPSA) is 76.2 Å². The number of fused-ring (bicyclic) bond motifs is 1. The van der Waals surface area contributed by atoms with Crippen molar-refractivity contribution in [3.05, 3.63) is 78.0 Å². The summed E-state index contributed by atoms with van der Waals surface area (Å²) in [7, 11) is 3.21. The average Bonchev–Trinajstić information content (AvgIpc) is 3.42. The summed E-state index contributed by atoms with van der Waals surface area (Å²) in [5.41, 5.74) is 4.24. The highest BCUT2D eigenvalue weighted by molar-refractivity contribution is 6.01. The van der Waals surface area contributed by atoms with Gasteiger partial charge >= 0.3 is 0 Å². The molecule has 2 N–H and O–H groups in total. The highest BCUT2D eigenvalue weighted by Crippen LogP contribution is 2.38. The number of amides is 1. The zero-order valence-corrected chi connectivity index (χ0v) is 20.5. The third-order valence-electron chi connectivity index (χ3n) is 7.23. The molecular weight excluding hydrogens is 457 g/mol. The lowest BCUT2D eigenvalue weighted by Gasteiger charge is -2.29. The maximum Gasteiger partial charge on any atom is 0.253 e. The average molecular weight is 488 g/mol. The molecule has 1 saturated carbocycles. The van der Waals surface area contributed by atoms with Gasteiger partial charge in [-0.25, -0.2) is 4.39 Å². The van der Waals surface area contributed by atoms with Crippen LogP contribution in [0.3, 0.4) is 0 Å². The minimum absolute atomic E-state index is 0.106. The smallest absolute Gasteiger partial charge is 0.253 e. The fourth-order valence-corrected chi connectivity index (χ4v) is 5.26. The maximum atomic E-state index is 13.9. The third-order valence-corrected chi connectivity index (χ3v) is 7.23. The van der Waals surface area contributed by atoms with Gasteiger partial charge in [0.05, 0.1) is 25.3 Å². The van der Waals surface area contributed by atoms with Gasteiger partial charge in [0, 0.05) is 42.2 Å². The van der Waals surface area contributed by atoms with Crippen molar-refractivity contribution in [2.45, 2.75) is 31.6 Å². The normalized spacial score (nSPS) is 17.6. The molecule has 0 radical (unpaired) electrons. The van der Waals surface area contributed by atoms with Gasteiger partial charge in [-0.3, -0.25) is 9.78 Å². The van der Waals surface area contributed by atoms with E-state index in [2.05, 4.69) is 15.3 Å². The molecule has 1 amide bonds. The van der Waals surface area contributed by atoms with Crippen molar-refractivity contribution in [1.29, 1.82) is 0 Å². The van der Waals surface area contributed by atoms with Crippen LogP contribution in [0.2, 0.25) is 0 Å². The number of halogens is 1. The lowest BCUT2D eigenvalue weighted by atomic mass is 9.78. The van der Waals surface area contributed by atoms with Crippen LogP contribution in [0.15, 0.2) is 61.1 Å². The van der Waals surface area contributed by atoms with Crippen LogP contribution < -0.4 is 14.8 Å². The lowest BCUT2D eigenvalue weighted by Crippen LogP contribution is -2.31. The molecule has 2 heterocycles. The van der Waals surface area contributed by atoms with Crippen LogP contribution >= 0.6 is 0 Å². The number of carbonyl (C=O) groups excluding carboxylic acids is 1. The van der Waals surface area contributed by atoms with Gasteiger partial charge in [0.2, 0.25) is 0 Å². The van der Waals surface area contributed by atoms with Crippen molar-refractivity contribution in [2.75, 3.05) is 20.8 Å². The Hall–Kier alpha value is -3.87. The third kappa shape index (κ3) is 4.91.